The minimum absolute atomic E-state index is 0.338. The molecule has 1 aliphatic carbocycles. The lowest BCUT2D eigenvalue weighted by Gasteiger charge is -2.07. The minimum atomic E-state index is 0.338. The molecular formula is C13H22O. The largest absolute Gasteiger partial charge is 0.300 e. The summed E-state index contributed by atoms with van der Waals surface area (Å²) in [6, 6.07) is 0. The van der Waals surface area contributed by atoms with Gasteiger partial charge in [-0.15, -0.1) is 0 Å². The summed E-state index contributed by atoms with van der Waals surface area (Å²) in [6.07, 6.45) is 7.05. The van der Waals surface area contributed by atoms with E-state index in [1.54, 1.807) is 12.5 Å². The summed E-state index contributed by atoms with van der Waals surface area (Å²) < 4.78 is 0. The van der Waals surface area contributed by atoms with Gasteiger partial charge in [-0.1, -0.05) is 11.1 Å². The minimum Gasteiger partial charge on any atom is -0.300 e. The van der Waals surface area contributed by atoms with E-state index in [0.29, 0.717) is 5.78 Å². The molecule has 1 heteroatoms. The van der Waals surface area contributed by atoms with E-state index in [9.17, 15) is 4.79 Å². The molecule has 0 radical (unpaired) electrons. The van der Waals surface area contributed by atoms with E-state index < -0.39 is 0 Å². The van der Waals surface area contributed by atoms with E-state index in [-0.39, 0.29) is 0 Å². The van der Waals surface area contributed by atoms with Gasteiger partial charge in [0.05, 0.1) is 0 Å². The van der Waals surface area contributed by atoms with Gasteiger partial charge >= 0.3 is 0 Å². The van der Waals surface area contributed by atoms with Crippen molar-refractivity contribution < 1.29 is 4.79 Å². The van der Waals surface area contributed by atoms with Crippen LogP contribution in [-0.4, -0.2) is 5.78 Å². The molecule has 0 aromatic carbocycles. The zero-order chi connectivity index (χ0) is 10.6. The molecule has 1 atom stereocenters. The second-order valence-electron chi connectivity index (χ2n) is 4.81. The molecule has 0 aliphatic heterocycles. The molecule has 0 aromatic heterocycles. The Morgan fingerprint density at radius 2 is 2.07 bits per heavy atom. The number of ketones is 1. The van der Waals surface area contributed by atoms with Crippen molar-refractivity contribution in [2.75, 3.05) is 0 Å². The van der Waals surface area contributed by atoms with Crippen LogP contribution in [0, 0.1) is 5.92 Å². The Balaban J connectivity index is 2.23. The normalized spacial score (nSPS) is 21.4. The van der Waals surface area contributed by atoms with E-state index in [1.165, 1.54) is 31.3 Å². The van der Waals surface area contributed by atoms with Crippen LogP contribution >= 0.6 is 0 Å². The van der Waals surface area contributed by atoms with Gasteiger partial charge < -0.3 is 4.79 Å². The highest BCUT2D eigenvalue weighted by atomic mass is 16.1. The predicted octanol–water partition coefficient (Wildman–Crippen LogP) is 3.88. The van der Waals surface area contributed by atoms with Gasteiger partial charge in [-0.05, 0) is 58.8 Å². The summed E-state index contributed by atoms with van der Waals surface area (Å²) in [5.41, 5.74) is 3.18. The Labute approximate surface area is 87.6 Å². The second kappa shape index (κ2) is 5.33. The Morgan fingerprint density at radius 3 is 2.57 bits per heavy atom. The highest BCUT2D eigenvalue weighted by Crippen LogP contribution is 2.35. The summed E-state index contributed by atoms with van der Waals surface area (Å²) in [4.78, 5) is 10.8. The molecule has 0 heterocycles. The first-order valence-electron chi connectivity index (χ1n) is 5.74. The van der Waals surface area contributed by atoms with Crippen molar-refractivity contribution >= 4 is 5.78 Å². The maximum absolute atomic E-state index is 10.8. The van der Waals surface area contributed by atoms with Crippen molar-refractivity contribution in [3.05, 3.63) is 11.1 Å². The van der Waals surface area contributed by atoms with Gasteiger partial charge in [0.2, 0.25) is 0 Å². The number of allylic oxidation sites excluding steroid dienone is 2. The highest BCUT2D eigenvalue weighted by Gasteiger charge is 2.19. The number of carbonyl (C=O) groups excluding carboxylic acids is 1. The Bertz CT molecular complexity index is 234. The van der Waals surface area contributed by atoms with E-state index in [4.69, 9.17) is 0 Å². The SMILES string of the molecule is CC(=O)CCCC1CCC(=C(C)C)C1. The van der Waals surface area contributed by atoms with Crippen molar-refractivity contribution in [3.63, 3.8) is 0 Å². The number of rotatable bonds is 4. The zero-order valence-corrected chi connectivity index (χ0v) is 9.73. The van der Waals surface area contributed by atoms with Crippen LogP contribution in [0.2, 0.25) is 0 Å². The molecule has 0 N–H and O–H groups in total. The average Bonchev–Trinajstić information content (AvgIpc) is 2.52. The summed E-state index contributed by atoms with van der Waals surface area (Å²) >= 11 is 0. The molecule has 80 valence electrons. The van der Waals surface area contributed by atoms with Crippen LogP contribution in [0.15, 0.2) is 11.1 Å². The van der Waals surface area contributed by atoms with Crippen LogP contribution in [0.4, 0.5) is 0 Å². The molecular weight excluding hydrogens is 172 g/mol. The fraction of sp³-hybridized carbons (Fsp3) is 0.769. The molecule has 0 bridgehead atoms. The average molecular weight is 194 g/mol. The first-order chi connectivity index (χ1) is 6.59. The van der Waals surface area contributed by atoms with E-state index in [1.807, 2.05) is 0 Å². The molecule has 0 saturated heterocycles. The molecule has 1 saturated carbocycles. The zero-order valence-electron chi connectivity index (χ0n) is 9.73. The third-order valence-electron chi connectivity index (χ3n) is 3.24. The summed E-state index contributed by atoms with van der Waals surface area (Å²) in [6.45, 7) is 6.12. The van der Waals surface area contributed by atoms with E-state index in [0.717, 1.165) is 18.8 Å². The fourth-order valence-corrected chi connectivity index (χ4v) is 2.27. The first-order valence-corrected chi connectivity index (χ1v) is 5.74. The number of hydrogen-bond acceptors (Lipinski definition) is 1. The van der Waals surface area contributed by atoms with Gasteiger partial charge in [-0.25, -0.2) is 0 Å². The molecule has 0 spiro atoms. The van der Waals surface area contributed by atoms with Crippen molar-refractivity contribution in [1.29, 1.82) is 0 Å². The van der Waals surface area contributed by atoms with Crippen LogP contribution in [0.1, 0.15) is 59.3 Å². The molecule has 1 nitrogen and oxygen atoms in total. The van der Waals surface area contributed by atoms with E-state index in [2.05, 4.69) is 13.8 Å². The first kappa shape index (κ1) is 11.5. The molecule has 0 amide bonds. The van der Waals surface area contributed by atoms with Crippen LogP contribution in [0.5, 0.6) is 0 Å². The molecule has 0 aromatic rings. The summed E-state index contributed by atoms with van der Waals surface area (Å²) in [5.74, 6) is 1.20. The van der Waals surface area contributed by atoms with Crippen molar-refractivity contribution in [2.45, 2.75) is 59.3 Å². The van der Waals surface area contributed by atoms with Gasteiger partial charge in [0.25, 0.3) is 0 Å². The van der Waals surface area contributed by atoms with Crippen molar-refractivity contribution in [2.24, 2.45) is 5.92 Å². The predicted molar refractivity (Wildman–Crippen MR) is 60.2 cm³/mol. The number of hydrogen-bond donors (Lipinski definition) is 0. The van der Waals surface area contributed by atoms with Gasteiger partial charge in [-0.2, -0.15) is 0 Å². The molecule has 1 aliphatic rings. The van der Waals surface area contributed by atoms with Crippen molar-refractivity contribution in [3.8, 4) is 0 Å². The Kier molecular flexibility index (Phi) is 4.37. The Hall–Kier alpha value is -0.590. The van der Waals surface area contributed by atoms with E-state index >= 15 is 0 Å². The molecule has 1 fully saturated rings. The number of Topliss-reactive ketones (excluding diaryl/α,β-unsaturated/α-hetero) is 1. The lowest BCUT2D eigenvalue weighted by atomic mass is 9.99. The number of carbonyl (C=O) groups is 1. The summed E-state index contributed by atoms with van der Waals surface area (Å²) in [5, 5.41) is 0. The maximum Gasteiger partial charge on any atom is 0.129 e. The topological polar surface area (TPSA) is 17.1 Å². The highest BCUT2D eigenvalue weighted by molar-refractivity contribution is 5.75. The second-order valence-corrected chi connectivity index (χ2v) is 4.81. The fourth-order valence-electron chi connectivity index (χ4n) is 2.27. The smallest absolute Gasteiger partial charge is 0.129 e. The maximum atomic E-state index is 10.8. The third kappa shape index (κ3) is 3.65. The van der Waals surface area contributed by atoms with Crippen LogP contribution in [0.3, 0.4) is 0 Å². The van der Waals surface area contributed by atoms with Gasteiger partial charge in [0.15, 0.2) is 0 Å². The Morgan fingerprint density at radius 1 is 1.36 bits per heavy atom. The lowest BCUT2D eigenvalue weighted by molar-refractivity contribution is -0.117. The lowest BCUT2D eigenvalue weighted by Crippen LogP contribution is -1.96. The molecule has 1 rings (SSSR count). The quantitative estimate of drug-likeness (QED) is 0.621. The van der Waals surface area contributed by atoms with Gasteiger partial charge in [-0.3, -0.25) is 0 Å². The van der Waals surface area contributed by atoms with Crippen LogP contribution < -0.4 is 0 Å². The monoisotopic (exact) mass is 194 g/mol. The molecule has 1 unspecified atom stereocenters. The van der Waals surface area contributed by atoms with Crippen LogP contribution in [0.25, 0.3) is 0 Å². The van der Waals surface area contributed by atoms with Gasteiger partial charge in [0.1, 0.15) is 5.78 Å². The van der Waals surface area contributed by atoms with Crippen molar-refractivity contribution in [1.82, 2.24) is 0 Å². The standard InChI is InChI=1S/C13H22O/c1-10(2)13-8-7-12(9-13)6-4-5-11(3)14/h12H,4-9H2,1-3H3. The van der Waals surface area contributed by atoms with Gasteiger partial charge in [0, 0.05) is 6.42 Å². The van der Waals surface area contributed by atoms with Crippen LogP contribution in [-0.2, 0) is 4.79 Å². The summed E-state index contributed by atoms with van der Waals surface area (Å²) in [7, 11) is 0. The molecule has 14 heavy (non-hydrogen) atoms. The third-order valence-corrected chi connectivity index (χ3v) is 3.24.